The molecule has 0 saturated carbocycles. The van der Waals surface area contributed by atoms with E-state index in [-0.39, 0.29) is 131 Å². The summed E-state index contributed by atoms with van der Waals surface area (Å²) in [5.41, 5.74) is 0. The summed E-state index contributed by atoms with van der Waals surface area (Å²) in [6, 6.07) is -9.83. The molecule has 0 saturated heterocycles. The normalized spacial score (nSPS) is 13.5. The highest BCUT2D eigenvalue weighted by molar-refractivity contribution is 6.19. The maximum Gasteiger partial charge on any atom is 0.325 e. The Labute approximate surface area is 824 Å². The minimum atomic E-state index is -2.29. The molecule has 0 radical (unpaired) electrons. The Hall–Kier alpha value is -10.5. The van der Waals surface area contributed by atoms with Gasteiger partial charge in [0.05, 0.1) is 264 Å². The van der Waals surface area contributed by atoms with Crippen molar-refractivity contribution in [2.24, 2.45) is 0 Å². The van der Waals surface area contributed by atoms with Crippen molar-refractivity contribution >= 4 is 106 Å². The summed E-state index contributed by atoms with van der Waals surface area (Å²) in [5.74, 6) is -17.6. The number of unbranched alkanes of at least 4 members (excludes halogenated alkanes) is 2. The Morgan fingerprint density at radius 2 is 0.479 bits per heavy atom. The second kappa shape index (κ2) is 86.1. The Morgan fingerprint density at radius 1 is 0.254 bits per heavy atom. The molecule has 0 bridgehead atoms. The first-order chi connectivity index (χ1) is 68.7. The quantitative estimate of drug-likeness (QED) is 0.0199. The van der Waals surface area contributed by atoms with Crippen LogP contribution in [0.1, 0.15) is 78.1 Å². The number of carbonyl (C=O) groups excluding carboxylic acids is 16. The lowest BCUT2D eigenvalue weighted by molar-refractivity contribution is -0.156. The minimum Gasteiger partial charge on any atom is -0.480 e. The van der Waals surface area contributed by atoms with Gasteiger partial charge in [-0.2, -0.15) is 0 Å². The van der Waals surface area contributed by atoms with Crippen LogP contribution in [0.2, 0.25) is 0 Å². The molecule has 54 nitrogen and oxygen atoms in total. The van der Waals surface area contributed by atoms with Gasteiger partial charge in [0.1, 0.15) is 49.5 Å². The average molecular weight is 2040 g/mol. The van der Waals surface area contributed by atoms with Crippen LogP contribution in [0, 0.1) is 0 Å². The molecule has 0 fully saturated rings. The molecule has 0 aliphatic carbocycles. The van der Waals surface area contributed by atoms with Crippen LogP contribution >= 0.6 is 0 Å². The van der Waals surface area contributed by atoms with Gasteiger partial charge in [0.25, 0.3) is 23.6 Å². The van der Waals surface area contributed by atoms with E-state index in [1.165, 1.54) is 13.8 Å². The Kier molecular flexibility index (Phi) is 77.3. The first-order valence-electron chi connectivity index (χ1n) is 47.0. The number of aliphatic carboxylic acids is 2. The summed E-state index contributed by atoms with van der Waals surface area (Å²) in [4.78, 5) is 235. The molecule has 2 rings (SSSR count). The summed E-state index contributed by atoms with van der Waals surface area (Å²) in [6.07, 6.45) is 2.39. The number of carbonyl (C=O) groups is 18. The zero-order chi connectivity index (χ0) is 104. The zero-order valence-corrected chi connectivity index (χ0v) is 81.7. The second-order valence-corrected chi connectivity index (χ2v) is 30.5. The molecule has 142 heavy (non-hydrogen) atoms. The van der Waals surface area contributed by atoms with Gasteiger partial charge in [-0.25, -0.2) is 0 Å². The monoisotopic (exact) mass is 2040 g/mol. The summed E-state index contributed by atoms with van der Waals surface area (Å²) in [5, 5.41) is 47.0. The van der Waals surface area contributed by atoms with E-state index in [2.05, 4.69) is 63.8 Å². The van der Waals surface area contributed by atoms with E-state index in [4.69, 9.17) is 105 Å². The van der Waals surface area contributed by atoms with Gasteiger partial charge in [-0.1, -0.05) is 0 Å². The minimum absolute atomic E-state index is 0.0768. The standard InChI is InChI=1S/C88H148N14O40/c1-65(87(119)120)97-73(107)61-93-71(105)59-95-83(115)67(11-5-7-19-89-75(109)63-141-57-55-139-53-51-137-49-47-135-45-43-133-41-39-131-37-35-129-33-31-127-29-27-125-25-23-123-3)99-69(103)13-9-21-91-85(117)81(101-77(111)15-16-78(101)112)82(102-79(113)17-18-80(102)114)86(118)92-22-10-14-70(104)100-68(84(116)96-60-72(106)94-62-74(108)98-66(2)88(121)122)12-6-8-20-90-76(110)64-142-58-56-140-54-52-138-50-48-136-46-44-134-42-40-132-38-36-130-34-32-128-30-28-126-26-24-124-4/h15-18,65-68,81-82H,5-14,19-64H2,1-4H3,(H,89,109)(H,90,110)(H,91,117)(H,92,118)(H,93,105)(H,94,106)(H,95,115)(H,96,116)(H,97,107)(H,98,108)(H,99,103)(H,100,104)(H,119,120)(H,121,122). The number of methoxy groups -OCH3 is 2. The summed E-state index contributed by atoms with van der Waals surface area (Å²) in [7, 11) is 3.22. The van der Waals surface area contributed by atoms with Crippen molar-refractivity contribution in [2.45, 2.75) is 114 Å². The number of nitrogens with one attached hydrogen (secondary N) is 12. The number of carboxylic acids is 2. The number of nitrogens with zero attached hydrogens (tertiary/aromatic N) is 2. The van der Waals surface area contributed by atoms with Crippen LogP contribution in [0.5, 0.6) is 0 Å². The lowest BCUT2D eigenvalue weighted by Crippen LogP contribution is -2.66. The largest absolute Gasteiger partial charge is 0.480 e. The summed E-state index contributed by atoms with van der Waals surface area (Å²) in [6.45, 7) is 11.9. The van der Waals surface area contributed by atoms with Crippen molar-refractivity contribution in [1.82, 2.24) is 73.6 Å². The number of ether oxygens (including phenoxy) is 20. The van der Waals surface area contributed by atoms with Gasteiger partial charge in [-0.15, -0.1) is 0 Å². The highest BCUT2D eigenvalue weighted by Crippen LogP contribution is 2.22. The molecule has 6 unspecified atom stereocenters. The van der Waals surface area contributed by atoms with Crippen LogP contribution in [0.15, 0.2) is 24.3 Å². The first kappa shape index (κ1) is 128. The molecule has 0 spiro atoms. The maximum atomic E-state index is 14.4. The predicted octanol–water partition coefficient (Wildman–Crippen LogP) is -7.86. The average Bonchev–Trinajstić information content (AvgIpc) is 1.59. The topological polar surface area (TPSA) is 683 Å². The molecule has 6 atom stereocenters. The number of rotatable bonds is 97. The van der Waals surface area contributed by atoms with Crippen LogP contribution in [-0.4, -0.2) is 480 Å². The third-order valence-corrected chi connectivity index (χ3v) is 19.1. The van der Waals surface area contributed by atoms with Gasteiger partial charge in [0.15, 0.2) is 0 Å². The van der Waals surface area contributed by atoms with E-state index < -0.39 is 195 Å². The number of amides is 16. The number of imide groups is 2. The fourth-order valence-electron chi connectivity index (χ4n) is 11.8. The fourth-order valence-corrected chi connectivity index (χ4v) is 11.8. The molecule has 54 heteroatoms. The van der Waals surface area contributed by atoms with Crippen molar-refractivity contribution in [2.75, 3.05) is 318 Å². The van der Waals surface area contributed by atoms with Crippen molar-refractivity contribution < 1.29 is 191 Å². The third-order valence-electron chi connectivity index (χ3n) is 19.1. The Morgan fingerprint density at radius 3 is 0.718 bits per heavy atom. The van der Waals surface area contributed by atoms with Crippen LogP contribution in [0.3, 0.4) is 0 Å². The van der Waals surface area contributed by atoms with E-state index in [0.29, 0.717) is 195 Å². The van der Waals surface area contributed by atoms with Gasteiger partial charge < -0.3 is 169 Å². The molecule has 0 aromatic heterocycles. The highest BCUT2D eigenvalue weighted by atomic mass is 16.6. The fraction of sp³-hybridized carbons (Fsp3) is 0.750. The Bertz CT molecular complexity index is 3440. The SMILES string of the molecule is COCCOCCOCCOCCOCCOCCOCCOCCOCCOCC(=O)NCCCCC(NC(=O)CCCNC(=O)C(C(C(=O)NCCCC(=O)NC(CCCCNC(=O)COCCOCCOCCOCCOCCOCCOCCOCCOCCOC)C(=O)NCC(=O)NCC(=O)NC(C)C(=O)O)N1C(=O)C=CC1=O)N1C(=O)C=CC1=O)C(=O)NCC(=O)NCC(=O)NC(C)C(=O)O. The molecule has 810 valence electrons. The molecule has 2 aliphatic rings. The van der Waals surface area contributed by atoms with Gasteiger partial charge >= 0.3 is 11.9 Å². The van der Waals surface area contributed by atoms with E-state index >= 15 is 0 Å². The lowest BCUT2D eigenvalue weighted by atomic mass is 10.0. The van der Waals surface area contributed by atoms with Crippen molar-refractivity contribution in [3.63, 3.8) is 0 Å². The van der Waals surface area contributed by atoms with Crippen molar-refractivity contribution in [1.29, 1.82) is 0 Å². The van der Waals surface area contributed by atoms with E-state index in [1.54, 1.807) is 14.2 Å². The third kappa shape index (κ3) is 67.9. The predicted molar refractivity (Wildman–Crippen MR) is 493 cm³/mol. The molecule has 16 amide bonds. The summed E-state index contributed by atoms with van der Waals surface area (Å²) < 4.78 is 108. The molecule has 2 heterocycles. The summed E-state index contributed by atoms with van der Waals surface area (Å²) >= 11 is 0. The number of carboxylic acid groups (broad SMARTS) is 2. The van der Waals surface area contributed by atoms with E-state index in [0.717, 1.165) is 24.3 Å². The van der Waals surface area contributed by atoms with Gasteiger partial charge in [-0.3, -0.25) is 96.1 Å². The number of hydrogen-bond acceptors (Lipinski definition) is 38. The van der Waals surface area contributed by atoms with E-state index in [9.17, 15) is 86.3 Å². The zero-order valence-electron chi connectivity index (χ0n) is 81.7. The van der Waals surface area contributed by atoms with Crippen LogP contribution < -0.4 is 63.8 Å². The van der Waals surface area contributed by atoms with Gasteiger partial charge in [0, 0.05) is 77.5 Å². The number of hydrogen-bond donors (Lipinski definition) is 14. The maximum absolute atomic E-state index is 14.4. The van der Waals surface area contributed by atoms with Gasteiger partial charge in [-0.05, 0) is 65.2 Å². The molecule has 0 aromatic rings. The van der Waals surface area contributed by atoms with Crippen LogP contribution in [0.4, 0.5) is 0 Å². The second-order valence-electron chi connectivity index (χ2n) is 30.5. The highest BCUT2D eigenvalue weighted by Gasteiger charge is 2.50. The molecular weight excluding hydrogens is 1890 g/mol. The lowest BCUT2D eigenvalue weighted by Gasteiger charge is -2.35. The molecule has 14 N–H and O–H groups in total. The van der Waals surface area contributed by atoms with Crippen LogP contribution in [-0.2, 0) is 181 Å². The smallest absolute Gasteiger partial charge is 0.325 e. The van der Waals surface area contributed by atoms with Gasteiger partial charge in [0.2, 0.25) is 70.9 Å². The van der Waals surface area contributed by atoms with E-state index in [1.807, 2.05) is 0 Å². The molecular formula is C88H148N14O40. The molecule has 2 aliphatic heterocycles. The van der Waals surface area contributed by atoms with Crippen molar-refractivity contribution in [3.8, 4) is 0 Å². The first-order valence-corrected chi connectivity index (χ1v) is 47.0. The molecule has 0 aromatic carbocycles. The van der Waals surface area contributed by atoms with Crippen LogP contribution in [0.25, 0.3) is 0 Å². The van der Waals surface area contributed by atoms with Crippen molar-refractivity contribution in [3.05, 3.63) is 24.3 Å². The Balaban J connectivity index is 1.94.